The highest BCUT2D eigenvalue weighted by atomic mass is 19.3. The molecule has 2 nitrogen and oxygen atoms in total. The first-order chi connectivity index (χ1) is 7.87. The molecule has 0 aromatic heterocycles. The second-order valence-electron chi connectivity index (χ2n) is 4.85. The number of nitrogens with zero attached hydrogens (tertiary/aromatic N) is 1. The van der Waals surface area contributed by atoms with Crippen molar-refractivity contribution in [1.82, 2.24) is 4.90 Å². The minimum Gasteiger partial charge on any atom is -0.339 e. The molecule has 0 aliphatic carbocycles. The van der Waals surface area contributed by atoms with Gasteiger partial charge in [0.2, 0.25) is 11.8 Å². The van der Waals surface area contributed by atoms with Crippen LogP contribution in [0.2, 0.25) is 0 Å². The van der Waals surface area contributed by atoms with E-state index in [4.69, 9.17) is 0 Å². The van der Waals surface area contributed by atoms with Crippen LogP contribution >= 0.6 is 0 Å². The minimum absolute atomic E-state index is 0.0110. The maximum absolute atomic E-state index is 12.9. The second-order valence-corrected chi connectivity index (χ2v) is 4.85. The first kappa shape index (κ1) is 14.1. The zero-order valence-corrected chi connectivity index (χ0v) is 10.8. The summed E-state index contributed by atoms with van der Waals surface area (Å²) in [6, 6.07) is 0. The van der Waals surface area contributed by atoms with Crippen LogP contribution in [0.15, 0.2) is 11.6 Å². The van der Waals surface area contributed by atoms with Gasteiger partial charge in [0.1, 0.15) is 0 Å². The number of alkyl halides is 2. The lowest BCUT2D eigenvalue weighted by Gasteiger charge is -2.19. The van der Waals surface area contributed by atoms with E-state index in [0.29, 0.717) is 25.9 Å². The second kappa shape index (κ2) is 5.61. The van der Waals surface area contributed by atoms with Crippen molar-refractivity contribution in [1.29, 1.82) is 0 Å². The third-order valence-electron chi connectivity index (χ3n) is 3.22. The van der Waals surface area contributed by atoms with Crippen LogP contribution in [0, 0.1) is 5.92 Å². The lowest BCUT2D eigenvalue weighted by molar-refractivity contribution is -0.126. The average molecular weight is 245 g/mol. The van der Waals surface area contributed by atoms with Gasteiger partial charge in [-0.05, 0) is 32.6 Å². The van der Waals surface area contributed by atoms with E-state index in [-0.39, 0.29) is 18.2 Å². The largest absolute Gasteiger partial charge is 0.339 e. The van der Waals surface area contributed by atoms with Crippen molar-refractivity contribution in [2.75, 3.05) is 13.1 Å². The third kappa shape index (κ3) is 4.10. The summed E-state index contributed by atoms with van der Waals surface area (Å²) in [6.07, 6.45) is 3.08. The maximum Gasteiger partial charge on any atom is 0.249 e. The predicted octanol–water partition coefficient (Wildman–Crippen LogP) is 3.24. The van der Waals surface area contributed by atoms with Gasteiger partial charge >= 0.3 is 0 Å². The van der Waals surface area contributed by atoms with Gasteiger partial charge in [0.25, 0.3) is 0 Å². The number of halogens is 2. The van der Waals surface area contributed by atoms with E-state index >= 15 is 0 Å². The monoisotopic (exact) mass is 245 g/mol. The number of carbonyl (C=O) groups excluding carboxylic acids is 1. The summed E-state index contributed by atoms with van der Waals surface area (Å²) in [5.74, 6) is -2.68. The van der Waals surface area contributed by atoms with Crippen LogP contribution in [-0.2, 0) is 4.79 Å². The Bertz CT molecular complexity index is 307. The molecule has 0 radical (unpaired) electrons. The van der Waals surface area contributed by atoms with E-state index in [0.717, 1.165) is 12.5 Å². The number of likely N-dealkylation sites (tertiary alicyclic amines) is 1. The molecule has 1 heterocycles. The molecule has 1 fully saturated rings. The third-order valence-corrected chi connectivity index (χ3v) is 3.22. The number of rotatable bonds is 4. The number of allylic oxidation sites excluding steroid dienone is 1. The summed E-state index contributed by atoms with van der Waals surface area (Å²) in [5.41, 5.74) is 0.772. The fourth-order valence-corrected chi connectivity index (χ4v) is 2.37. The molecule has 0 spiro atoms. The van der Waals surface area contributed by atoms with E-state index in [2.05, 4.69) is 0 Å². The Morgan fingerprint density at radius 3 is 2.65 bits per heavy atom. The highest BCUT2D eigenvalue weighted by Crippen LogP contribution is 2.29. The van der Waals surface area contributed by atoms with Gasteiger partial charge in [-0.2, -0.15) is 0 Å². The molecule has 98 valence electrons. The molecule has 0 bridgehead atoms. The van der Waals surface area contributed by atoms with Crippen molar-refractivity contribution >= 4 is 5.91 Å². The Labute approximate surface area is 102 Å². The molecule has 1 aliphatic heterocycles. The number of hydrogen-bond donors (Lipinski definition) is 0. The van der Waals surface area contributed by atoms with Gasteiger partial charge in [-0.25, -0.2) is 8.78 Å². The van der Waals surface area contributed by atoms with Gasteiger partial charge in [0.05, 0.1) is 0 Å². The average Bonchev–Trinajstić information content (AvgIpc) is 2.65. The lowest BCUT2D eigenvalue weighted by Crippen LogP contribution is -2.30. The molecule has 0 saturated carbocycles. The van der Waals surface area contributed by atoms with E-state index < -0.39 is 5.92 Å². The Kier molecular flexibility index (Phi) is 4.66. The highest BCUT2D eigenvalue weighted by molar-refractivity contribution is 5.93. The molecule has 1 unspecified atom stereocenters. The molecule has 17 heavy (non-hydrogen) atoms. The first-order valence-corrected chi connectivity index (χ1v) is 6.19. The van der Waals surface area contributed by atoms with Gasteiger partial charge in [-0.3, -0.25) is 4.79 Å². The summed E-state index contributed by atoms with van der Waals surface area (Å²) in [7, 11) is 0. The van der Waals surface area contributed by atoms with Crippen molar-refractivity contribution in [3.63, 3.8) is 0 Å². The standard InChI is InChI=1S/C13H21F2NO/c1-4-11(5-2)12(17)16-7-6-10(9-16)8-13(3,14)15/h4,10H,5-9H2,1-3H3/b11-4+. The number of hydrogen-bond acceptors (Lipinski definition) is 1. The Morgan fingerprint density at radius 1 is 1.53 bits per heavy atom. The van der Waals surface area contributed by atoms with Crippen molar-refractivity contribution < 1.29 is 13.6 Å². The van der Waals surface area contributed by atoms with E-state index in [1.165, 1.54) is 0 Å². The summed E-state index contributed by atoms with van der Waals surface area (Å²) in [5, 5.41) is 0. The molecule has 1 amide bonds. The minimum atomic E-state index is -2.63. The molecule has 1 atom stereocenters. The van der Waals surface area contributed by atoms with Gasteiger partial charge in [-0.15, -0.1) is 0 Å². The lowest BCUT2D eigenvalue weighted by atomic mass is 10.0. The molecule has 0 aromatic rings. The molecule has 1 saturated heterocycles. The van der Waals surface area contributed by atoms with Gasteiger partial charge in [0, 0.05) is 25.1 Å². The topological polar surface area (TPSA) is 20.3 Å². The SMILES string of the molecule is C/C=C(\CC)C(=O)N1CCC(CC(C)(F)F)C1. The summed E-state index contributed by atoms with van der Waals surface area (Å²) < 4.78 is 25.8. The van der Waals surface area contributed by atoms with Gasteiger partial charge in [-0.1, -0.05) is 13.0 Å². The smallest absolute Gasteiger partial charge is 0.249 e. The molecule has 0 N–H and O–H groups in total. The van der Waals surface area contributed by atoms with Crippen LogP contribution < -0.4 is 0 Å². The molecule has 1 rings (SSSR count). The van der Waals surface area contributed by atoms with E-state index in [9.17, 15) is 13.6 Å². The van der Waals surface area contributed by atoms with E-state index in [1.807, 2.05) is 19.9 Å². The van der Waals surface area contributed by atoms with Crippen LogP contribution in [0.4, 0.5) is 8.78 Å². The Hall–Kier alpha value is -0.930. The molecule has 1 aliphatic rings. The van der Waals surface area contributed by atoms with Crippen LogP contribution in [0.1, 0.15) is 40.0 Å². The first-order valence-electron chi connectivity index (χ1n) is 6.19. The fraction of sp³-hybridized carbons (Fsp3) is 0.769. The normalized spacial score (nSPS) is 22.1. The summed E-state index contributed by atoms with van der Waals surface area (Å²) in [4.78, 5) is 13.7. The van der Waals surface area contributed by atoms with Crippen LogP contribution in [0.3, 0.4) is 0 Å². The van der Waals surface area contributed by atoms with Crippen LogP contribution in [0.25, 0.3) is 0 Å². The molecular formula is C13H21F2NO. The Morgan fingerprint density at radius 2 is 2.18 bits per heavy atom. The maximum atomic E-state index is 12.9. The Balaban J connectivity index is 2.53. The zero-order valence-electron chi connectivity index (χ0n) is 10.8. The van der Waals surface area contributed by atoms with Crippen molar-refractivity contribution in [3.05, 3.63) is 11.6 Å². The highest BCUT2D eigenvalue weighted by Gasteiger charge is 2.33. The zero-order chi connectivity index (χ0) is 13.1. The molecular weight excluding hydrogens is 224 g/mol. The van der Waals surface area contributed by atoms with Crippen molar-refractivity contribution in [2.45, 2.75) is 46.0 Å². The van der Waals surface area contributed by atoms with Crippen LogP contribution in [0.5, 0.6) is 0 Å². The summed E-state index contributed by atoms with van der Waals surface area (Å²) >= 11 is 0. The quantitative estimate of drug-likeness (QED) is 0.696. The van der Waals surface area contributed by atoms with E-state index in [1.54, 1.807) is 4.90 Å². The van der Waals surface area contributed by atoms with Crippen LogP contribution in [-0.4, -0.2) is 29.8 Å². The predicted molar refractivity (Wildman–Crippen MR) is 64.0 cm³/mol. The van der Waals surface area contributed by atoms with Crippen molar-refractivity contribution in [3.8, 4) is 0 Å². The summed E-state index contributed by atoms with van der Waals surface area (Å²) in [6.45, 7) is 5.79. The fourth-order valence-electron chi connectivity index (χ4n) is 2.37. The number of amides is 1. The molecule has 0 aromatic carbocycles. The molecule has 4 heteroatoms. The van der Waals surface area contributed by atoms with Gasteiger partial charge < -0.3 is 4.90 Å². The van der Waals surface area contributed by atoms with Gasteiger partial charge in [0.15, 0.2) is 0 Å². The van der Waals surface area contributed by atoms with Crippen molar-refractivity contribution in [2.24, 2.45) is 5.92 Å². The number of carbonyl (C=O) groups is 1.